The van der Waals surface area contributed by atoms with Crippen molar-refractivity contribution in [1.82, 2.24) is 19.9 Å². The molecule has 0 saturated heterocycles. The number of fused-ring (bicyclic) bond motifs is 8. The van der Waals surface area contributed by atoms with Crippen LogP contribution in [0.25, 0.3) is 45.9 Å². The third-order valence-electron chi connectivity index (χ3n) is 5.92. The van der Waals surface area contributed by atoms with Crippen molar-refractivity contribution < 1.29 is 9.47 Å². The van der Waals surface area contributed by atoms with Crippen LogP contribution in [-0.4, -0.2) is 34.2 Å². The van der Waals surface area contributed by atoms with Crippen molar-refractivity contribution in [1.29, 1.82) is 0 Å². The smallest absolute Gasteiger partial charge is 0.137 e. The van der Waals surface area contributed by atoms with Crippen molar-refractivity contribution in [2.75, 3.05) is 14.2 Å². The fourth-order valence-electron chi connectivity index (χ4n) is 4.27. The van der Waals surface area contributed by atoms with Gasteiger partial charge in [0.2, 0.25) is 0 Å². The molecule has 2 N–H and O–H groups in total. The molecule has 1 aromatic carbocycles. The van der Waals surface area contributed by atoms with E-state index in [4.69, 9.17) is 19.4 Å². The topological polar surface area (TPSA) is 75.8 Å². The third kappa shape index (κ3) is 4.15. The average molecular weight is 525 g/mol. The van der Waals surface area contributed by atoms with Gasteiger partial charge in [-0.15, -0.1) is 0 Å². The summed E-state index contributed by atoms with van der Waals surface area (Å²) in [4.78, 5) is 16.5. The van der Waals surface area contributed by atoms with Crippen molar-refractivity contribution in [2.24, 2.45) is 0 Å². The minimum absolute atomic E-state index is 0.693. The molecule has 0 unspecified atom stereocenters. The Kier molecular flexibility index (Phi) is 5.26. The lowest BCUT2D eigenvalue weighted by Crippen LogP contribution is -1.94. The van der Waals surface area contributed by atoms with Crippen molar-refractivity contribution in [3.63, 3.8) is 0 Å². The van der Waals surface area contributed by atoms with Crippen LogP contribution >= 0.6 is 15.9 Å². The molecule has 2 aliphatic heterocycles. The molecule has 35 heavy (non-hydrogen) atoms. The Bertz CT molecular complexity index is 1670. The Morgan fingerprint density at radius 3 is 1.71 bits per heavy atom. The van der Waals surface area contributed by atoms with E-state index in [1.54, 1.807) is 14.2 Å². The maximum absolute atomic E-state index is 5.58. The molecule has 2 aliphatic rings. The fourth-order valence-corrected chi connectivity index (χ4v) is 4.82. The summed E-state index contributed by atoms with van der Waals surface area (Å²) < 4.78 is 11.9. The van der Waals surface area contributed by atoms with E-state index in [9.17, 15) is 0 Å². The van der Waals surface area contributed by atoms with E-state index in [2.05, 4.69) is 38.0 Å². The lowest BCUT2D eigenvalue weighted by molar-refractivity contribution is 0.389. The number of aromatic amines is 2. The molecule has 4 aromatic rings. The number of ether oxygens (including phenoxy) is 2. The summed E-state index contributed by atoms with van der Waals surface area (Å²) >= 11 is 3.56. The molecule has 0 fully saturated rings. The standard InChI is InChI=1S/C28H21BrN4O2/c1-34-26-9-16(10-27(35-2)28(26)29)24-14-23-13-21-6-5-19(31-21)11-17-3-4-18(30-17)12-20-7-8-22(32-20)15-25(24)33-23/h3-15,31-32H,1-2H3. The quantitative estimate of drug-likeness (QED) is 0.265. The summed E-state index contributed by atoms with van der Waals surface area (Å²) in [6.45, 7) is 0. The van der Waals surface area contributed by atoms with Gasteiger partial charge in [0.05, 0.1) is 37.0 Å². The summed E-state index contributed by atoms with van der Waals surface area (Å²) in [7, 11) is 3.29. The number of halogens is 1. The van der Waals surface area contributed by atoms with E-state index in [-0.39, 0.29) is 0 Å². The Labute approximate surface area is 210 Å². The zero-order valence-corrected chi connectivity index (χ0v) is 20.7. The van der Waals surface area contributed by atoms with E-state index in [1.807, 2.05) is 66.7 Å². The zero-order valence-electron chi connectivity index (χ0n) is 19.1. The summed E-state index contributed by atoms with van der Waals surface area (Å²) in [6, 6.07) is 20.3. The van der Waals surface area contributed by atoms with Crippen LogP contribution in [0, 0.1) is 0 Å². The molecule has 6 rings (SSSR count). The molecule has 0 amide bonds. The minimum Gasteiger partial charge on any atom is -0.495 e. The van der Waals surface area contributed by atoms with Gasteiger partial charge in [-0.25, -0.2) is 9.97 Å². The van der Waals surface area contributed by atoms with Crippen molar-refractivity contribution in [2.45, 2.75) is 0 Å². The third-order valence-corrected chi connectivity index (χ3v) is 6.70. The van der Waals surface area contributed by atoms with Gasteiger partial charge in [-0.2, -0.15) is 0 Å². The average Bonchev–Trinajstić information content (AvgIpc) is 3.64. The van der Waals surface area contributed by atoms with Crippen LogP contribution in [0.1, 0.15) is 28.3 Å². The summed E-state index contributed by atoms with van der Waals surface area (Å²) in [6.07, 6.45) is 6.11. The summed E-state index contributed by atoms with van der Waals surface area (Å²) in [5.41, 5.74) is 9.29. The predicted octanol–water partition coefficient (Wildman–Crippen LogP) is 6.85. The SMILES string of the molecule is COc1cc(C2=Cc3cc4ccc(cc5nc(cc6ccc(cc2n3)[nH]6)C=C5)[nH]4)cc(OC)c1Br. The second-order valence-electron chi connectivity index (χ2n) is 8.28. The van der Waals surface area contributed by atoms with Gasteiger partial charge in [0.1, 0.15) is 16.0 Å². The van der Waals surface area contributed by atoms with Crippen LogP contribution in [0.4, 0.5) is 0 Å². The van der Waals surface area contributed by atoms with Crippen LogP contribution < -0.4 is 9.47 Å². The molecule has 0 saturated carbocycles. The number of hydrogen-bond acceptors (Lipinski definition) is 4. The Morgan fingerprint density at radius 1 is 0.657 bits per heavy atom. The van der Waals surface area contributed by atoms with E-state index < -0.39 is 0 Å². The number of aromatic nitrogens is 4. The van der Waals surface area contributed by atoms with E-state index in [0.717, 1.165) is 60.5 Å². The van der Waals surface area contributed by atoms with E-state index >= 15 is 0 Å². The number of H-pyrrole nitrogens is 2. The van der Waals surface area contributed by atoms with Gasteiger partial charge in [0.15, 0.2) is 0 Å². The van der Waals surface area contributed by atoms with Crippen LogP contribution in [0.5, 0.6) is 11.5 Å². The molecule has 0 spiro atoms. The summed E-state index contributed by atoms with van der Waals surface area (Å²) in [5.74, 6) is 1.39. The first-order valence-corrected chi connectivity index (χ1v) is 11.9. The summed E-state index contributed by atoms with van der Waals surface area (Å²) in [5, 5.41) is 0. The van der Waals surface area contributed by atoms with Crippen molar-refractivity contribution in [3.05, 3.63) is 93.5 Å². The van der Waals surface area contributed by atoms with Crippen molar-refractivity contribution in [3.8, 4) is 11.5 Å². The minimum atomic E-state index is 0.693. The highest BCUT2D eigenvalue weighted by atomic mass is 79.9. The zero-order chi connectivity index (χ0) is 23.9. The molecule has 3 aromatic heterocycles. The van der Waals surface area contributed by atoms with Gasteiger partial charge in [0.25, 0.3) is 0 Å². The molecule has 0 aliphatic carbocycles. The highest BCUT2D eigenvalue weighted by Gasteiger charge is 2.17. The number of hydrogen-bond donors (Lipinski definition) is 2. The molecule has 0 radical (unpaired) electrons. The largest absolute Gasteiger partial charge is 0.495 e. The molecular weight excluding hydrogens is 504 g/mol. The van der Waals surface area contributed by atoms with Gasteiger partial charge < -0.3 is 19.4 Å². The van der Waals surface area contributed by atoms with Gasteiger partial charge >= 0.3 is 0 Å². The monoisotopic (exact) mass is 524 g/mol. The molecule has 8 bridgehead atoms. The van der Waals surface area contributed by atoms with Crippen LogP contribution in [0.15, 0.2) is 65.1 Å². The van der Waals surface area contributed by atoms with Crippen LogP contribution in [0.3, 0.4) is 0 Å². The second-order valence-corrected chi connectivity index (χ2v) is 9.08. The predicted molar refractivity (Wildman–Crippen MR) is 144 cm³/mol. The number of benzene rings is 1. The second kappa shape index (κ2) is 8.60. The van der Waals surface area contributed by atoms with Gasteiger partial charge in [-0.05, 0) is 100 Å². The highest BCUT2D eigenvalue weighted by Crippen LogP contribution is 2.40. The van der Waals surface area contributed by atoms with Crippen LogP contribution in [0.2, 0.25) is 0 Å². The highest BCUT2D eigenvalue weighted by molar-refractivity contribution is 9.10. The Balaban J connectivity index is 1.62. The van der Waals surface area contributed by atoms with Crippen molar-refractivity contribution >= 4 is 61.8 Å². The molecule has 172 valence electrons. The first-order chi connectivity index (χ1) is 17.1. The molecule has 0 atom stereocenters. The lowest BCUT2D eigenvalue weighted by atomic mass is 10.0. The first kappa shape index (κ1) is 21.4. The van der Waals surface area contributed by atoms with Gasteiger partial charge in [-0.1, -0.05) is 0 Å². The van der Waals surface area contributed by atoms with Crippen LogP contribution in [-0.2, 0) is 0 Å². The first-order valence-electron chi connectivity index (χ1n) is 11.1. The maximum Gasteiger partial charge on any atom is 0.137 e. The Morgan fingerprint density at radius 2 is 1.17 bits per heavy atom. The number of rotatable bonds is 3. The molecule has 6 nitrogen and oxygen atoms in total. The van der Waals surface area contributed by atoms with E-state index in [0.29, 0.717) is 11.5 Å². The molecule has 7 heteroatoms. The van der Waals surface area contributed by atoms with E-state index in [1.165, 1.54) is 0 Å². The normalized spacial score (nSPS) is 12.5. The van der Waals surface area contributed by atoms with Gasteiger partial charge in [0, 0.05) is 27.6 Å². The number of nitrogens with one attached hydrogen (secondary N) is 2. The fraction of sp³-hybridized carbons (Fsp3) is 0.0714. The lowest BCUT2D eigenvalue weighted by Gasteiger charge is -2.12. The van der Waals surface area contributed by atoms with Gasteiger partial charge in [-0.3, -0.25) is 0 Å². The Hall–Kier alpha value is -4.10. The number of methoxy groups -OCH3 is 2. The molecule has 5 heterocycles. The maximum atomic E-state index is 5.58. The number of nitrogens with zero attached hydrogens (tertiary/aromatic N) is 2. The molecular formula is C28H21BrN4O2.